The van der Waals surface area contributed by atoms with Crippen molar-refractivity contribution in [1.82, 2.24) is 25.3 Å². The first-order valence-corrected chi connectivity index (χ1v) is 8.79. The van der Waals surface area contributed by atoms with Crippen LogP contribution in [0.2, 0.25) is 0 Å². The number of aryl methyl sites for hydroxylation is 2. The Balaban J connectivity index is 1.91. The monoisotopic (exact) mass is 335 g/mol. The van der Waals surface area contributed by atoms with E-state index in [1.54, 1.807) is 4.90 Å². The lowest BCUT2D eigenvalue weighted by Gasteiger charge is -2.34. The van der Waals surface area contributed by atoms with E-state index in [4.69, 9.17) is 0 Å². The van der Waals surface area contributed by atoms with Crippen molar-refractivity contribution in [2.24, 2.45) is 5.92 Å². The molecule has 0 bridgehead atoms. The Bertz CT molecular complexity index is 560. The van der Waals surface area contributed by atoms with Crippen molar-refractivity contribution in [1.29, 1.82) is 0 Å². The summed E-state index contributed by atoms with van der Waals surface area (Å²) < 4.78 is 0. The van der Waals surface area contributed by atoms with Gasteiger partial charge in [0.05, 0.1) is 11.6 Å². The fraction of sp³-hybridized carbons (Fsp3) is 0.706. The van der Waals surface area contributed by atoms with E-state index in [1.807, 2.05) is 32.6 Å². The molecule has 24 heavy (non-hydrogen) atoms. The highest BCUT2D eigenvalue weighted by Gasteiger charge is 2.30. The molecular weight excluding hydrogens is 306 g/mol. The first-order chi connectivity index (χ1) is 11.5. The smallest absolute Gasteiger partial charge is 0.317 e. The molecule has 7 heteroatoms. The fourth-order valence-electron chi connectivity index (χ4n) is 3.27. The van der Waals surface area contributed by atoms with Gasteiger partial charge in [0.25, 0.3) is 0 Å². The zero-order valence-electron chi connectivity index (χ0n) is 15.2. The minimum Gasteiger partial charge on any atom is -0.343 e. The number of urea groups is 1. The summed E-state index contributed by atoms with van der Waals surface area (Å²) in [5.74, 6) is 0.0841. The number of hydrogen-bond acceptors (Lipinski definition) is 3. The molecule has 0 radical (unpaired) electrons. The molecule has 1 saturated heterocycles. The maximum Gasteiger partial charge on any atom is 0.317 e. The van der Waals surface area contributed by atoms with Gasteiger partial charge in [-0.3, -0.25) is 9.89 Å². The molecule has 1 aliphatic rings. The molecule has 7 nitrogen and oxygen atoms in total. The van der Waals surface area contributed by atoms with E-state index >= 15 is 0 Å². The van der Waals surface area contributed by atoms with Crippen molar-refractivity contribution in [2.75, 3.05) is 26.2 Å². The summed E-state index contributed by atoms with van der Waals surface area (Å²) in [4.78, 5) is 28.6. The zero-order chi connectivity index (χ0) is 17.7. The van der Waals surface area contributed by atoms with Crippen LogP contribution in [-0.2, 0) is 11.3 Å². The van der Waals surface area contributed by atoms with Crippen molar-refractivity contribution in [2.45, 2.75) is 47.1 Å². The quantitative estimate of drug-likeness (QED) is 0.861. The highest BCUT2D eigenvalue weighted by Crippen LogP contribution is 2.19. The molecule has 1 atom stereocenters. The number of aromatic nitrogens is 2. The van der Waals surface area contributed by atoms with Crippen LogP contribution in [0.25, 0.3) is 0 Å². The van der Waals surface area contributed by atoms with Crippen molar-refractivity contribution < 1.29 is 9.59 Å². The average molecular weight is 335 g/mol. The lowest BCUT2D eigenvalue weighted by Crippen LogP contribution is -2.49. The van der Waals surface area contributed by atoms with Crippen molar-refractivity contribution in [3.05, 3.63) is 17.0 Å². The summed E-state index contributed by atoms with van der Waals surface area (Å²) in [6.07, 6.45) is 1.73. The molecule has 2 rings (SSSR count). The van der Waals surface area contributed by atoms with Crippen LogP contribution in [-0.4, -0.2) is 58.1 Å². The van der Waals surface area contributed by atoms with Crippen LogP contribution in [0.15, 0.2) is 0 Å². The molecule has 2 N–H and O–H groups in total. The van der Waals surface area contributed by atoms with Crippen LogP contribution in [0.5, 0.6) is 0 Å². The van der Waals surface area contributed by atoms with Crippen LogP contribution in [0.4, 0.5) is 4.79 Å². The SMILES string of the molecule is CCN(CC)C(=O)[C@@H]1CCCN(C(=O)NCc2c(C)n[nH]c2C)C1. The number of likely N-dealkylation sites (tertiary alicyclic amines) is 1. The number of rotatable bonds is 5. The van der Waals surface area contributed by atoms with Crippen LogP contribution >= 0.6 is 0 Å². The van der Waals surface area contributed by atoms with Gasteiger partial charge in [-0.05, 0) is 40.5 Å². The number of carbonyl (C=O) groups excluding carboxylic acids is 2. The van der Waals surface area contributed by atoms with Gasteiger partial charge in [0.15, 0.2) is 0 Å². The summed E-state index contributed by atoms with van der Waals surface area (Å²) in [5.41, 5.74) is 2.90. The van der Waals surface area contributed by atoms with Gasteiger partial charge >= 0.3 is 6.03 Å². The number of piperidine rings is 1. The third-order valence-corrected chi connectivity index (χ3v) is 4.83. The molecule has 0 saturated carbocycles. The van der Waals surface area contributed by atoms with Gasteiger partial charge < -0.3 is 15.1 Å². The number of H-pyrrole nitrogens is 1. The second-order valence-corrected chi connectivity index (χ2v) is 6.37. The zero-order valence-corrected chi connectivity index (χ0v) is 15.2. The van der Waals surface area contributed by atoms with Crippen LogP contribution in [0.3, 0.4) is 0 Å². The molecule has 0 aromatic carbocycles. The fourth-order valence-corrected chi connectivity index (χ4v) is 3.27. The standard InChI is InChI=1S/C17H29N5O2/c1-5-21(6-2)16(23)14-8-7-9-22(11-14)17(24)18-10-15-12(3)19-20-13(15)4/h14H,5-11H2,1-4H3,(H,18,24)(H,19,20)/t14-/m1/s1. The van der Waals surface area contributed by atoms with E-state index in [1.165, 1.54) is 0 Å². The van der Waals surface area contributed by atoms with Gasteiger partial charge in [-0.1, -0.05) is 0 Å². The molecule has 1 aromatic heterocycles. The molecular formula is C17H29N5O2. The van der Waals surface area contributed by atoms with Gasteiger partial charge in [-0.2, -0.15) is 5.10 Å². The molecule has 1 aromatic rings. The average Bonchev–Trinajstić information content (AvgIpc) is 2.92. The lowest BCUT2D eigenvalue weighted by atomic mass is 9.96. The van der Waals surface area contributed by atoms with E-state index < -0.39 is 0 Å². The summed E-state index contributed by atoms with van der Waals surface area (Å²) in [5, 5.41) is 10.0. The van der Waals surface area contributed by atoms with Crippen LogP contribution in [0, 0.1) is 19.8 Å². The molecule has 3 amide bonds. The number of aromatic amines is 1. The second kappa shape index (κ2) is 8.17. The molecule has 0 spiro atoms. The molecule has 1 fully saturated rings. The molecule has 0 unspecified atom stereocenters. The van der Waals surface area contributed by atoms with Gasteiger partial charge in [-0.15, -0.1) is 0 Å². The normalized spacial score (nSPS) is 17.7. The van der Waals surface area contributed by atoms with E-state index in [0.717, 1.165) is 42.9 Å². The predicted octanol–water partition coefficient (Wildman–Crippen LogP) is 1.82. The van der Waals surface area contributed by atoms with Crippen LogP contribution in [0.1, 0.15) is 43.6 Å². The molecule has 134 valence electrons. The largest absolute Gasteiger partial charge is 0.343 e. The molecule has 0 aliphatic carbocycles. The van der Waals surface area contributed by atoms with Crippen molar-refractivity contribution in [3.63, 3.8) is 0 Å². The Kier molecular flexibility index (Phi) is 6.23. The number of nitrogens with zero attached hydrogens (tertiary/aromatic N) is 3. The van der Waals surface area contributed by atoms with Crippen molar-refractivity contribution >= 4 is 11.9 Å². The van der Waals surface area contributed by atoms with Gasteiger partial charge in [-0.25, -0.2) is 4.79 Å². The summed E-state index contributed by atoms with van der Waals surface area (Å²) in [6.45, 7) is 11.0. The van der Waals surface area contributed by atoms with Gasteiger partial charge in [0.1, 0.15) is 0 Å². The van der Waals surface area contributed by atoms with E-state index in [9.17, 15) is 9.59 Å². The highest BCUT2D eigenvalue weighted by molar-refractivity contribution is 5.81. The summed E-state index contributed by atoms with van der Waals surface area (Å²) >= 11 is 0. The lowest BCUT2D eigenvalue weighted by molar-refractivity contribution is -0.136. The van der Waals surface area contributed by atoms with E-state index in [2.05, 4.69) is 15.5 Å². The van der Waals surface area contributed by atoms with Crippen molar-refractivity contribution in [3.8, 4) is 0 Å². The number of amides is 3. The Morgan fingerprint density at radius 3 is 2.62 bits per heavy atom. The minimum absolute atomic E-state index is 0.0817. The number of nitrogens with one attached hydrogen (secondary N) is 2. The van der Waals surface area contributed by atoms with E-state index in [0.29, 0.717) is 19.6 Å². The number of carbonyl (C=O) groups is 2. The Labute approximate surface area is 143 Å². The second-order valence-electron chi connectivity index (χ2n) is 6.37. The third-order valence-electron chi connectivity index (χ3n) is 4.83. The summed E-state index contributed by atoms with van der Waals surface area (Å²) in [7, 11) is 0. The van der Waals surface area contributed by atoms with E-state index in [-0.39, 0.29) is 17.9 Å². The maximum atomic E-state index is 12.5. The summed E-state index contributed by atoms with van der Waals surface area (Å²) in [6, 6.07) is -0.105. The Hall–Kier alpha value is -2.05. The first-order valence-electron chi connectivity index (χ1n) is 8.79. The number of hydrogen-bond donors (Lipinski definition) is 2. The molecule has 1 aliphatic heterocycles. The predicted molar refractivity (Wildman–Crippen MR) is 92.5 cm³/mol. The topological polar surface area (TPSA) is 81.3 Å². The Morgan fingerprint density at radius 1 is 1.33 bits per heavy atom. The molecule has 2 heterocycles. The van der Waals surface area contributed by atoms with Gasteiger partial charge in [0, 0.05) is 44.0 Å². The third kappa shape index (κ3) is 4.07. The first kappa shape index (κ1) is 18.3. The maximum absolute atomic E-state index is 12.5. The highest BCUT2D eigenvalue weighted by atomic mass is 16.2. The van der Waals surface area contributed by atoms with Crippen LogP contribution < -0.4 is 5.32 Å². The Morgan fingerprint density at radius 2 is 2.04 bits per heavy atom. The minimum atomic E-state index is -0.105. The van der Waals surface area contributed by atoms with Gasteiger partial charge in [0.2, 0.25) is 5.91 Å².